The average molecular weight is 477 g/mol. The molecular weight excluding hydrogens is 455 g/mol. The Morgan fingerprint density at radius 1 is 1.21 bits per heavy atom. The minimum absolute atomic E-state index is 0.0316. The molecule has 3 heterocycles. The Morgan fingerprint density at radius 2 is 1.94 bits per heavy atom. The molecule has 8 nitrogen and oxygen atoms in total. The zero-order valence-electron chi connectivity index (χ0n) is 18.4. The molecule has 0 spiro atoms. The van der Waals surface area contributed by atoms with Crippen molar-refractivity contribution in [2.24, 2.45) is 0 Å². The lowest BCUT2D eigenvalue weighted by atomic mass is 10.0. The quantitative estimate of drug-likeness (QED) is 0.603. The SMILES string of the molecule is Cc1ccc(C(=O)N2CCc3onc(COc4cccnc4)c3C2)cc1C.O=C(O)C(F)(F)F. The Kier molecular flexibility index (Phi) is 7.54. The van der Waals surface area contributed by atoms with Gasteiger partial charge in [0.05, 0.1) is 12.7 Å². The summed E-state index contributed by atoms with van der Waals surface area (Å²) in [5, 5.41) is 11.3. The van der Waals surface area contributed by atoms with E-state index in [2.05, 4.69) is 10.1 Å². The number of hydrogen-bond donors (Lipinski definition) is 1. The third-order valence-corrected chi connectivity index (χ3v) is 5.20. The van der Waals surface area contributed by atoms with E-state index in [-0.39, 0.29) is 12.5 Å². The summed E-state index contributed by atoms with van der Waals surface area (Å²) in [5.74, 6) is -1.21. The molecule has 0 bridgehead atoms. The molecule has 0 fully saturated rings. The van der Waals surface area contributed by atoms with Gasteiger partial charge < -0.3 is 19.3 Å². The first kappa shape index (κ1) is 24.7. The van der Waals surface area contributed by atoms with Crippen molar-refractivity contribution in [2.75, 3.05) is 6.54 Å². The highest BCUT2D eigenvalue weighted by atomic mass is 19.4. The first-order valence-electron chi connectivity index (χ1n) is 10.2. The van der Waals surface area contributed by atoms with Crippen LogP contribution in [0, 0.1) is 13.8 Å². The lowest BCUT2D eigenvalue weighted by Gasteiger charge is -2.26. The largest absolute Gasteiger partial charge is 0.490 e. The van der Waals surface area contributed by atoms with Crippen LogP contribution >= 0.6 is 0 Å². The Hall–Kier alpha value is -3.89. The van der Waals surface area contributed by atoms with Crippen molar-refractivity contribution in [2.45, 2.75) is 39.6 Å². The number of aliphatic carboxylic acids is 1. The zero-order chi connectivity index (χ0) is 24.9. The number of pyridine rings is 1. The van der Waals surface area contributed by atoms with Crippen LogP contribution in [0.4, 0.5) is 13.2 Å². The number of ether oxygens (including phenoxy) is 1. The number of aromatic nitrogens is 2. The molecule has 3 aromatic rings. The van der Waals surface area contributed by atoms with Crippen molar-refractivity contribution in [1.82, 2.24) is 15.0 Å². The van der Waals surface area contributed by atoms with E-state index in [1.807, 2.05) is 49.1 Å². The maximum atomic E-state index is 12.9. The lowest BCUT2D eigenvalue weighted by molar-refractivity contribution is -0.192. The fraction of sp³-hybridized carbons (Fsp3) is 0.304. The topological polar surface area (TPSA) is 106 Å². The number of benzene rings is 1. The lowest BCUT2D eigenvalue weighted by Crippen LogP contribution is -2.36. The number of nitrogens with zero attached hydrogens (tertiary/aromatic N) is 3. The Bertz CT molecular complexity index is 1160. The van der Waals surface area contributed by atoms with Gasteiger partial charge in [0.2, 0.25) is 0 Å². The Balaban J connectivity index is 0.000000406. The number of hydrogen-bond acceptors (Lipinski definition) is 6. The van der Waals surface area contributed by atoms with Crippen molar-refractivity contribution in [3.63, 3.8) is 0 Å². The number of aryl methyl sites for hydroxylation is 2. The maximum Gasteiger partial charge on any atom is 0.490 e. The number of carbonyl (C=O) groups excluding carboxylic acids is 1. The molecule has 34 heavy (non-hydrogen) atoms. The van der Waals surface area contributed by atoms with Crippen LogP contribution < -0.4 is 4.74 Å². The van der Waals surface area contributed by atoms with Crippen LogP contribution in [0.2, 0.25) is 0 Å². The summed E-state index contributed by atoms with van der Waals surface area (Å²) < 4.78 is 42.9. The minimum Gasteiger partial charge on any atom is -0.486 e. The molecule has 0 atom stereocenters. The highest BCUT2D eigenvalue weighted by Gasteiger charge is 2.38. The molecule has 1 aliphatic heterocycles. The maximum absolute atomic E-state index is 12.9. The summed E-state index contributed by atoms with van der Waals surface area (Å²) in [5.41, 5.74) is 4.69. The van der Waals surface area contributed by atoms with Crippen LogP contribution in [0.3, 0.4) is 0 Å². The molecule has 180 valence electrons. The monoisotopic (exact) mass is 477 g/mol. The van der Waals surface area contributed by atoms with Crippen molar-refractivity contribution in [3.8, 4) is 5.75 Å². The average Bonchev–Trinajstić information content (AvgIpc) is 3.21. The summed E-state index contributed by atoms with van der Waals surface area (Å²) in [6, 6.07) is 9.49. The number of halogens is 3. The van der Waals surface area contributed by atoms with Gasteiger partial charge in [0, 0.05) is 30.3 Å². The van der Waals surface area contributed by atoms with Crippen LogP contribution in [0.1, 0.15) is 38.5 Å². The number of fused-ring (bicyclic) bond motifs is 1. The highest BCUT2D eigenvalue weighted by molar-refractivity contribution is 5.94. The van der Waals surface area contributed by atoms with Crippen molar-refractivity contribution >= 4 is 11.9 Å². The molecule has 1 N–H and O–H groups in total. The molecule has 2 aromatic heterocycles. The van der Waals surface area contributed by atoms with E-state index < -0.39 is 12.1 Å². The van der Waals surface area contributed by atoms with Gasteiger partial charge in [-0.25, -0.2) is 4.79 Å². The molecule has 0 saturated heterocycles. The second kappa shape index (κ2) is 10.4. The number of carbonyl (C=O) groups is 2. The van der Waals surface area contributed by atoms with Gasteiger partial charge in [-0.1, -0.05) is 11.2 Å². The van der Waals surface area contributed by atoms with Crippen LogP contribution in [-0.4, -0.2) is 44.7 Å². The van der Waals surface area contributed by atoms with Gasteiger partial charge in [0.15, 0.2) is 0 Å². The number of alkyl halides is 3. The normalized spacial score (nSPS) is 12.9. The summed E-state index contributed by atoms with van der Waals surface area (Å²) in [4.78, 5) is 27.7. The first-order valence-corrected chi connectivity index (χ1v) is 10.2. The summed E-state index contributed by atoms with van der Waals surface area (Å²) in [6.45, 7) is 5.46. The first-order chi connectivity index (χ1) is 16.1. The molecule has 0 unspecified atom stereocenters. The second-order valence-corrected chi connectivity index (χ2v) is 7.59. The molecule has 0 radical (unpaired) electrons. The third kappa shape index (κ3) is 6.12. The zero-order valence-corrected chi connectivity index (χ0v) is 18.4. The molecule has 11 heteroatoms. The van der Waals surface area contributed by atoms with E-state index in [9.17, 15) is 18.0 Å². The van der Waals surface area contributed by atoms with E-state index in [4.69, 9.17) is 19.2 Å². The standard InChI is InChI=1S/C21H21N3O3.C2HF3O2/c1-14-5-6-16(10-15(14)2)21(25)24-9-7-20-18(12-24)19(23-27-20)13-26-17-4-3-8-22-11-17;3-2(4,5)1(6)7/h3-6,8,10-11H,7,9,12-13H2,1-2H3;(H,6,7). The third-order valence-electron chi connectivity index (χ3n) is 5.20. The fourth-order valence-corrected chi connectivity index (χ4v) is 3.19. The van der Waals surface area contributed by atoms with Gasteiger partial charge in [-0.3, -0.25) is 9.78 Å². The van der Waals surface area contributed by atoms with Gasteiger partial charge in [-0.05, 0) is 49.2 Å². The predicted octanol–water partition coefficient (Wildman–Crippen LogP) is 4.10. The van der Waals surface area contributed by atoms with Crippen LogP contribution in [0.25, 0.3) is 0 Å². The Morgan fingerprint density at radius 3 is 2.56 bits per heavy atom. The van der Waals surface area contributed by atoms with Gasteiger partial charge in [0.25, 0.3) is 5.91 Å². The molecule has 1 amide bonds. The van der Waals surface area contributed by atoms with Gasteiger partial charge in [-0.2, -0.15) is 13.2 Å². The van der Waals surface area contributed by atoms with Crippen molar-refractivity contribution in [3.05, 3.63) is 76.4 Å². The summed E-state index contributed by atoms with van der Waals surface area (Å²) in [7, 11) is 0. The number of amides is 1. The molecule has 1 aromatic carbocycles. The number of carboxylic acid groups (broad SMARTS) is 1. The number of carboxylic acids is 1. The second-order valence-electron chi connectivity index (χ2n) is 7.59. The van der Waals surface area contributed by atoms with E-state index in [0.29, 0.717) is 30.8 Å². The van der Waals surface area contributed by atoms with Crippen LogP contribution in [0.15, 0.2) is 47.2 Å². The van der Waals surface area contributed by atoms with Crippen LogP contribution in [0.5, 0.6) is 5.75 Å². The van der Waals surface area contributed by atoms with Crippen LogP contribution in [-0.2, 0) is 24.4 Å². The van der Waals surface area contributed by atoms with E-state index >= 15 is 0 Å². The highest BCUT2D eigenvalue weighted by Crippen LogP contribution is 2.25. The van der Waals surface area contributed by atoms with E-state index in [0.717, 1.165) is 22.6 Å². The van der Waals surface area contributed by atoms with Gasteiger partial charge >= 0.3 is 12.1 Å². The van der Waals surface area contributed by atoms with Gasteiger partial charge in [-0.15, -0.1) is 0 Å². The summed E-state index contributed by atoms with van der Waals surface area (Å²) >= 11 is 0. The van der Waals surface area contributed by atoms with E-state index in [1.165, 1.54) is 5.56 Å². The number of rotatable bonds is 4. The van der Waals surface area contributed by atoms with Crippen molar-refractivity contribution < 1.29 is 37.1 Å². The molecule has 4 rings (SSSR count). The van der Waals surface area contributed by atoms with Gasteiger partial charge in [0.1, 0.15) is 23.8 Å². The molecule has 0 saturated carbocycles. The van der Waals surface area contributed by atoms with E-state index in [1.54, 1.807) is 12.4 Å². The molecule has 0 aliphatic carbocycles. The predicted molar refractivity (Wildman–Crippen MR) is 113 cm³/mol. The molecular formula is C23H22F3N3O5. The summed E-state index contributed by atoms with van der Waals surface area (Å²) in [6.07, 6.45) is -1.07. The Labute approximate surface area is 193 Å². The molecule has 1 aliphatic rings. The smallest absolute Gasteiger partial charge is 0.486 e. The fourth-order valence-electron chi connectivity index (χ4n) is 3.19. The van der Waals surface area contributed by atoms with Crippen molar-refractivity contribution in [1.29, 1.82) is 0 Å². The minimum atomic E-state index is -5.08.